The molecule has 0 aliphatic heterocycles. The van der Waals surface area contributed by atoms with Crippen molar-refractivity contribution in [1.29, 1.82) is 0 Å². The number of rotatable bonds is 2. The maximum absolute atomic E-state index is 4.87. The van der Waals surface area contributed by atoms with E-state index in [1.807, 2.05) is 11.3 Å². The first kappa shape index (κ1) is 17.9. The van der Waals surface area contributed by atoms with Gasteiger partial charge in [-0.05, 0) is 40.8 Å². The van der Waals surface area contributed by atoms with Crippen LogP contribution in [0.15, 0.2) is 67.0 Å². The Balaban J connectivity index is 1.40. The third kappa shape index (κ3) is 2.49. The maximum Gasteiger partial charge on any atom is 0.109 e. The average Bonchev–Trinajstić information content (AvgIpc) is 3.53. The molecule has 4 nitrogen and oxygen atoms in total. The highest BCUT2D eigenvalue weighted by atomic mass is 32.1. The van der Waals surface area contributed by atoms with Crippen molar-refractivity contribution in [3.05, 3.63) is 72.8 Å². The van der Waals surface area contributed by atoms with Gasteiger partial charge in [0.2, 0.25) is 0 Å². The third-order valence-corrected chi connectivity index (χ3v) is 7.57. The Bertz CT molecular complexity index is 1820. The predicted molar refractivity (Wildman–Crippen MR) is 136 cm³/mol. The number of aromatic nitrogens is 4. The molecule has 154 valence electrons. The van der Waals surface area contributed by atoms with E-state index in [1.165, 1.54) is 42.1 Å². The molecule has 0 amide bonds. The predicted octanol–water partition coefficient (Wildman–Crippen LogP) is 7.75. The largest absolute Gasteiger partial charge is 0.345 e. The lowest BCUT2D eigenvalue weighted by Gasteiger charge is -2.05. The van der Waals surface area contributed by atoms with Crippen LogP contribution < -0.4 is 0 Å². The second-order valence-corrected chi connectivity index (χ2v) is 9.78. The molecular weight excluding hydrogens is 412 g/mol. The van der Waals surface area contributed by atoms with Crippen molar-refractivity contribution in [1.82, 2.24) is 19.9 Å². The Kier molecular flexibility index (Phi) is 3.59. The average molecular weight is 433 g/mol. The summed E-state index contributed by atoms with van der Waals surface area (Å²) in [6, 6.07) is 22.1. The Morgan fingerprint density at radius 3 is 2.44 bits per heavy atom. The summed E-state index contributed by atoms with van der Waals surface area (Å²) in [6.07, 6.45) is 1.77. The molecular formula is C27H20N4S. The van der Waals surface area contributed by atoms with Crippen LogP contribution in [0.25, 0.3) is 64.1 Å². The Hall–Kier alpha value is -3.70. The minimum Gasteiger partial charge on any atom is -0.345 e. The molecule has 2 N–H and O–H groups in total. The van der Waals surface area contributed by atoms with E-state index in [0.717, 1.165) is 27.9 Å². The Morgan fingerprint density at radius 1 is 0.781 bits per heavy atom. The summed E-state index contributed by atoms with van der Waals surface area (Å²) in [5.41, 5.74) is 6.75. The van der Waals surface area contributed by atoms with Crippen molar-refractivity contribution in [2.45, 2.75) is 19.8 Å². The van der Waals surface area contributed by atoms with Gasteiger partial charge in [0.15, 0.2) is 0 Å². The number of H-pyrrole nitrogens is 2. The number of nitrogens with one attached hydrogen (secondary N) is 2. The number of hydrogen-bond acceptors (Lipinski definition) is 3. The molecule has 0 fully saturated rings. The molecule has 0 bridgehead atoms. The van der Waals surface area contributed by atoms with Gasteiger partial charge in [0.1, 0.15) is 11.3 Å². The normalized spacial score (nSPS) is 12.3. The molecule has 0 unspecified atom stereocenters. The lowest BCUT2D eigenvalue weighted by atomic mass is 9.99. The van der Waals surface area contributed by atoms with Gasteiger partial charge in [-0.25, -0.2) is 9.97 Å². The van der Waals surface area contributed by atoms with Gasteiger partial charge < -0.3 is 9.97 Å². The number of hydrogen-bond donors (Lipinski definition) is 2. The molecule has 0 aliphatic rings. The zero-order valence-corrected chi connectivity index (χ0v) is 18.5. The summed E-state index contributed by atoms with van der Waals surface area (Å²) in [4.78, 5) is 16.1. The third-order valence-electron chi connectivity index (χ3n) is 6.40. The molecule has 7 rings (SSSR count). The molecule has 3 heterocycles. The molecule has 0 atom stereocenters. The van der Waals surface area contributed by atoms with Crippen LogP contribution in [0.2, 0.25) is 0 Å². The molecule has 0 spiro atoms. The number of thiophene rings is 1. The molecule has 0 aliphatic carbocycles. The highest BCUT2D eigenvalue weighted by molar-refractivity contribution is 7.26. The number of fused-ring (bicyclic) bond motifs is 8. The van der Waals surface area contributed by atoms with E-state index in [4.69, 9.17) is 4.98 Å². The monoisotopic (exact) mass is 432 g/mol. The van der Waals surface area contributed by atoms with Gasteiger partial charge >= 0.3 is 0 Å². The lowest BCUT2D eigenvalue weighted by molar-refractivity contribution is 0.799. The Morgan fingerprint density at radius 2 is 1.56 bits per heavy atom. The molecule has 0 saturated carbocycles. The first-order valence-electron chi connectivity index (χ1n) is 10.9. The molecule has 0 radical (unpaired) electrons. The van der Waals surface area contributed by atoms with E-state index >= 15 is 0 Å². The van der Waals surface area contributed by atoms with Gasteiger partial charge in [-0.1, -0.05) is 50.2 Å². The van der Waals surface area contributed by atoms with E-state index < -0.39 is 0 Å². The van der Waals surface area contributed by atoms with Crippen molar-refractivity contribution in [2.24, 2.45) is 0 Å². The van der Waals surface area contributed by atoms with E-state index in [1.54, 1.807) is 6.33 Å². The fraction of sp³-hybridized carbons (Fsp3) is 0.111. The van der Waals surface area contributed by atoms with Crippen molar-refractivity contribution >= 4 is 64.3 Å². The molecule has 5 heteroatoms. The van der Waals surface area contributed by atoms with Crippen LogP contribution in [0.1, 0.15) is 25.6 Å². The highest BCUT2D eigenvalue weighted by Gasteiger charge is 2.13. The van der Waals surface area contributed by atoms with E-state index in [2.05, 4.69) is 89.5 Å². The van der Waals surface area contributed by atoms with E-state index in [0.29, 0.717) is 5.92 Å². The number of benzene rings is 4. The summed E-state index contributed by atoms with van der Waals surface area (Å²) < 4.78 is 2.54. The molecule has 3 aromatic heterocycles. The number of aromatic amines is 2. The summed E-state index contributed by atoms with van der Waals surface area (Å²) >= 11 is 1.82. The summed E-state index contributed by atoms with van der Waals surface area (Å²) in [6.45, 7) is 4.33. The first-order valence-corrected chi connectivity index (χ1v) is 11.7. The van der Waals surface area contributed by atoms with Gasteiger partial charge in [-0.15, -0.1) is 11.3 Å². The van der Waals surface area contributed by atoms with E-state index in [9.17, 15) is 0 Å². The molecule has 0 saturated heterocycles. The zero-order chi connectivity index (χ0) is 21.4. The van der Waals surface area contributed by atoms with Crippen molar-refractivity contribution in [3.8, 4) is 11.1 Å². The highest BCUT2D eigenvalue weighted by Crippen LogP contribution is 2.39. The van der Waals surface area contributed by atoms with Crippen LogP contribution >= 0.6 is 11.3 Å². The van der Waals surface area contributed by atoms with Crippen LogP contribution in [0.3, 0.4) is 0 Å². The van der Waals surface area contributed by atoms with Crippen LogP contribution in [0.5, 0.6) is 0 Å². The molecule has 32 heavy (non-hydrogen) atoms. The summed E-state index contributed by atoms with van der Waals surface area (Å²) in [5, 5.41) is 4.97. The van der Waals surface area contributed by atoms with Gasteiger partial charge in [0.25, 0.3) is 0 Å². The van der Waals surface area contributed by atoms with Crippen molar-refractivity contribution < 1.29 is 0 Å². The van der Waals surface area contributed by atoms with Gasteiger partial charge in [-0.2, -0.15) is 0 Å². The fourth-order valence-electron chi connectivity index (χ4n) is 4.69. The first-order chi connectivity index (χ1) is 15.7. The SMILES string of the molecule is CC(C)c1nc2c(ccc3cc(-c4ccc5c(c4)sc4c5ccc5[nH]cnc54)ccc32)[nH]1. The fourth-order valence-corrected chi connectivity index (χ4v) is 5.93. The molecule has 4 aromatic carbocycles. The maximum atomic E-state index is 4.87. The second kappa shape index (κ2) is 6.40. The minimum atomic E-state index is 0.382. The second-order valence-electron chi connectivity index (χ2n) is 8.73. The molecule has 7 aromatic rings. The van der Waals surface area contributed by atoms with Crippen LogP contribution in [-0.2, 0) is 0 Å². The Labute approximate surface area is 187 Å². The number of nitrogens with zero attached hydrogens (tertiary/aromatic N) is 2. The number of imidazole rings is 2. The quantitative estimate of drug-likeness (QED) is 0.293. The minimum absolute atomic E-state index is 0.382. The zero-order valence-electron chi connectivity index (χ0n) is 17.7. The topological polar surface area (TPSA) is 57.4 Å². The van der Waals surface area contributed by atoms with Gasteiger partial charge in [0, 0.05) is 26.8 Å². The summed E-state index contributed by atoms with van der Waals surface area (Å²) in [5.74, 6) is 1.42. The lowest BCUT2D eigenvalue weighted by Crippen LogP contribution is -1.88. The van der Waals surface area contributed by atoms with Crippen LogP contribution in [-0.4, -0.2) is 19.9 Å². The standard InChI is InChI=1S/C27H20N4S/c1-14(2)27-30-22-9-5-17-11-15(3-6-18(17)24(22)31-27)16-4-7-19-20-8-10-21-25(29-13-28-21)26(20)32-23(19)12-16/h3-14H,1-2H3,(H,28,29)(H,30,31). The smallest absolute Gasteiger partial charge is 0.109 e. The van der Waals surface area contributed by atoms with Crippen LogP contribution in [0, 0.1) is 0 Å². The van der Waals surface area contributed by atoms with Crippen molar-refractivity contribution in [3.63, 3.8) is 0 Å². The van der Waals surface area contributed by atoms with Gasteiger partial charge in [-0.3, -0.25) is 0 Å². The van der Waals surface area contributed by atoms with Crippen molar-refractivity contribution in [2.75, 3.05) is 0 Å². The van der Waals surface area contributed by atoms with Gasteiger partial charge in [0.05, 0.1) is 27.6 Å². The summed E-state index contributed by atoms with van der Waals surface area (Å²) in [7, 11) is 0. The van der Waals surface area contributed by atoms with E-state index in [-0.39, 0.29) is 0 Å². The van der Waals surface area contributed by atoms with Crippen LogP contribution in [0.4, 0.5) is 0 Å².